The topological polar surface area (TPSA) is 69.7 Å². The van der Waals surface area contributed by atoms with Crippen molar-refractivity contribution in [2.45, 2.75) is 38.6 Å². The maximum absolute atomic E-state index is 13.2. The van der Waals surface area contributed by atoms with Gasteiger partial charge in [-0.25, -0.2) is 13.2 Å². The van der Waals surface area contributed by atoms with Crippen molar-refractivity contribution in [2.24, 2.45) is 0 Å². The smallest absolute Gasteiger partial charge is 0.320 e. The minimum Gasteiger partial charge on any atom is -0.320 e. The van der Waals surface area contributed by atoms with Crippen molar-refractivity contribution in [1.29, 1.82) is 0 Å². The van der Waals surface area contributed by atoms with Gasteiger partial charge in [0.2, 0.25) is 0 Å². The first-order valence-electron chi connectivity index (χ1n) is 11.0. The zero-order valence-electron chi connectivity index (χ0n) is 19.2. The van der Waals surface area contributed by atoms with Crippen LogP contribution in [0.2, 0.25) is 0 Å². The third-order valence-corrected chi connectivity index (χ3v) is 7.13. The Labute approximate surface area is 195 Å². The molecule has 0 aromatic heterocycles. The van der Waals surface area contributed by atoms with Gasteiger partial charge in [-0.05, 0) is 69.2 Å². The van der Waals surface area contributed by atoms with E-state index in [0.29, 0.717) is 18.8 Å². The molecule has 0 atom stereocenters. The van der Waals surface area contributed by atoms with Crippen molar-refractivity contribution in [2.75, 3.05) is 22.7 Å². The summed E-state index contributed by atoms with van der Waals surface area (Å²) < 4.78 is 27.9. The third-order valence-electron chi connectivity index (χ3n) is 5.73. The molecule has 3 aromatic rings. The van der Waals surface area contributed by atoms with Crippen molar-refractivity contribution in [1.82, 2.24) is 4.90 Å². The van der Waals surface area contributed by atoms with E-state index < -0.39 is 10.0 Å². The SMILES string of the molecule is Cc1ccc(S(=O)(=O)Nc2ccc(N3CCCN(Cc4cc(C)cc(C)c4)C3=O)cc2)cc1. The molecule has 0 saturated carbocycles. The van der Waals surface area contributed by atoms with Gasteiger partial charge >= 0.3 is 6.03 Å². The number of nitrogens with one attached hydrogen (secondary N) is 1. The summed E-state index contributed by atoms with van der Waals surface area (Å²) in [6.45, 7) is 7.97. The van der Waals surface area contributed by atoms with Gasteiger partial charge in [-0.2, -0.15) is 0 Å². The summed E-state index contributed by atoms with van der Waals surface area (Å²) in [5.74, 6) is 0. The predicted octanol–water partition coefficient (Wildman–Crippen LogP) is 5.24. The van der Waals surface area contributed by atoms with E-state index >= 15 is 0 Å². The highest BCUT2D eigenvalue weighted by Crippen LogP contribution is 2.25. The Kier molecular flexibility index (Phi) is 6.42. The molecule has 0 aliphatic carbocycles. The Morgan fingerprint density at radius 3 is 2.09 bits per heavy atom. The molecular weight excluding hydrogens is 434 g/mol. The number of hydrogen-bond donors (Lipinski definition) is 1. The molecule has 0 radical (unpaired) electrons. The monoisotopic (exact) mass is 463 g/mol. The number of benzene rings is 3. The molecule has 0 spiro atoms. The van der Waals surface area contributed by atoms with Gasteiger partial charge in [0.05, 0.1) is 4.90 Å². The van der Waals surface area contributed by atoms with Crippen LogP contribution in [0.1, 0.15) is 28.7 Å². The molecule has 1 N–H and O–H groups in total. The van der Waals surface area contributed by atoms with Gasteiger partial charge in [-0.15, -0.1) is 0 Å². The maximum atomic E-state index is 13.2. The van der Waals surface area contributed by atoms with Crippen LogP contribution >= 0.6 is 0 Å². The number of aryl methyl sites for hydroxylation is 3. The second-order valence-corrected chi connectivity index (χ2v) is 10.4. The summed E-state index contributed by atoms with van der Waals surface area (Å²) in [6.07, 6.45) is 0.873. The molecule has 1 heterocycles. The second-order valence-electron chi connectivity index (χ2n) is 8.67. The number of hydrogen-bond acceptors (Lipinski definition) is 3. The first-order chi connectivity index (χ1) is 15.7. The van der Waals surface area contributed by atoms with Crippen LogP contribution in [-0.4, -0.2) is 32.4 Å². The highest BCUT2D eigenvalue weighted by Gasteiger charge is 2.27. The predicted molar refractivity (Wildman–Crippen MR) is 132 cm³/mol. The summed E-state index contributed by atoms with van der Waals surface area (Å²) in [7, 11) is -3.67. The summed E-state index contributed by atoms with van der Waals surface area (Å²) in [5.41, 5.74) is 5.71. The van der Waals surface area contributed by atoms with E-state index in [1.807, 2.05) is 11.8 Å². The number of sulfonamides is 1. The lowest BCUT2D eigenvalue weighted by molar-refractivity contribution is 0.192. The summed E-state index contributed by atoms with van der Waals surface area (Å²) in [4.78, 5) is 17.0. The van der Waals surface area contributed by atoms with Gasteiger partial charge in [-0.1, -0.05) is 47.0 Å². The Hall–Kier alpha value is -3.32. The molecule has 6 nitrogen and oxygen atoms in total. The molecule has 172 valence electrons. The van der Waals surface area contributed by atoms with E-state index in [9.17, 15) is 13.2 Å². The molecule has 7 heteroatoms. The van der Waals surface area contributed by atoms with Crippen LogP contribution in [0, 0.1) is 20.8 Å². The highest BCUT2D eigenvalue weighted by atomic mass is 32.2. The summed E-state index contributed by atoms with van der Waals surface area (Å²) in [6, 6.07) is 20.0. The molecular formula is C26H29N3O3S. The number of carbonyl (C=O) groups is 1. The van der Waals surface area contributed by atoms with Crippen molar-refractivity contribution >= 4 is 27.4 Å². The Morgan fingerprint density at radius 1 is 0.818 bits per heavy atom. The lowest BCUT2D eigenvalue weighted by Gasteiger charge is -2.36. The van der Waals surface area contributed by atoms with Gasteiger partial charge in [0.1, 0.15) is 0 Å². The third kappa shape index (κ3) is 5.37. The largest absolute Gasteiger partial charge is 0.324 e. The van der Waals surface area contributed by atoms with Crippen molar-refractivity contribution in [3.63, 3.8) is 0 Å². The summed E-state index contributed by atoms with van der Waals surface area (Å²) in [5, 5.41) is 0. The fourth-order valence-corrected chi connectivity index (χ4v) is 5.25. The van der Waals surface area contributed by atoms with E-state index in [-0.39, 0.29) is 10.9 Å². The molecule has 1 fully saturated rings. The summed E-state index contributed by atoms with van der Waals surface area (Å²) >= 11 is 0. The fraction of sp³-hybridized carbons (Fsp3) is 0.269. The number of nitrogens with zero attached hydrogens (tertiary/aromatic N) is 2. The normalized spacial score (nSPS) is 14.5. The number of urea groups is 1. The van der Waals surface area contributed by atoms with Crippen molar-refractivity contribution in [3.8, 4) is 0 Å². The van der Waals surface area contributed by atoms with Gasteiger partial charge in [0.15, 0.2) is 0 Å². The molecule has 1 aliphatic heterocycles. The van der Waals surface area contributed by atoms with Gasteiger partial charge in [-0.3, -0.25) is 9.62 Å². The molecule has 3 aromatic carbocycles. The Morgan fingerprint density at radius 2 is 1.45 bits per heavy atom. The average molecular weight is 464 g/mol. The molecule has 1 aliphatic rings. The van der Waals surface area contributed by atoms with Crippen molar-refractivity contribution in [3.05, 3.63) is 89.0 Å². The number of carbonyl (C=O) groups excluding carboxylic acids is 1. The Balaban J connectivity index is 1.46. The molecule has 2 amide bonds. The number of amides is 2. The molecule has 0 unspecified atom stereocenters. The van der Waals surface area contributed by atoms with Gasteiger partial charge < -0.3 is 4.90 Å². The first-order valence-corrected chi connectivity index (χ1v) is 12.5. The van der Waals surface area contributed by atoms with Gasteiger partial charge in [0, 0.05) is 31.0 Å². The van der Waals surface area contributed by atoms with E-state index in [1.165, 1.54) is 11.1 Å². The van der Waals surface area contributed by atoms with Crippen LogP contribution in [0.5, 0.6) is 0 Å². The van der Waals surface area contributed by atoms with Crippen LogP contribution in [-0.2, 0) is 16.6 Å². The van der Waals surface area contributed by atoms with E-state index in [2.05, 4.69) is 36.8 Å². The molecule has 33 heavy (non-hydrogen) atoms. The van der Waals surface area contributed by atoms with E-state index in [4.69, 9.17) is 0 Å². The van der Waals surface area contributed by atoms with Crippen molar-refractivity contribution < 1.29 is 13.2 Å². The lowest BCUT2D eigenvalue weighted by Crippen LogP contribution is -2.49. The standard InChI is InChI=1S/C26H29N3O3S/c1-19-5-11-25(12-6-19)33(31,32)27-23-7-9-24(10-8-23)29-14-4-13-28(26(29)30)18-22-16-20(2)15-21(3)17-22/h5-12,15-17,27H,4,13-14,18H2,1-3H3. The highest BCUT2D eigenvalue weighted by molar-refractivity contribution is 7.92. The van der Waals surface area contributed by atoms with Crippen LogP contribution in [0.15, 0.2) is 71.6 Å². The number of rotatable bonds is 6. The minimum atomic E-state index is -3.67. The average Bonchev–Trinajstić information content (AvgIpc) is 2.75. The molecule has 4 rings (SSSR count). The van der Waals surface area contributed by atoms with E-state index in [1.54, 1.807) is 53.4 Å². The zero-order chi connectivity index (χ0) is 23.6. The Bertz CT molecular complexity index is 1230. The van der Waals surface area contributed by atoms with Crippen LogP contribution in [0.4, 0.5) is 16.2 Å². The quantitative estimate of drug-likeness (QED) is 0.543. The van der Waals surface area contributed by atoms with Crippen LogP contribution < -0.4 is 9.62 Å². The van der Waals surface area contributed by atoms with Crippen LogP contribution in [0.3, 0.4) is 0 Å². The second kappa shape index (κ2) is 9.27. The van der Waals surface area contributed by atoms with E-state index in [0.717, 1.165) is 29.8 Å². The molecule has 0 bridgehead atoms. The molecule has 1 saturated heterocycles. The zero-order valence-corrected chi connectivity index (χ0v) is 20.0. The lowest BCUT2D eigenvalue weighted by atomic mass is 10.1. The maximum Gasteiger partial charge on any atom is 0.324 e. The minimum absolute atomic E-state index is 0.0339. The fourth-order valence-electron chi connectivity index (χ4n) is 4.19. The number of anilines is 2. The van der Waals surface area contributed by atoms with Crippen LogP contribution in [0.25, 0.3) is 0 Å². The van der Waals surface area contributed by atoms with Gasteiger partial charge in [0.25, 0.3) is 10.0 Å². The first kappa shape index (κ1) is 22.9.